The first-order valence-electron chi connectivity index (χ1n) is 7.31. The minimum Gasteiger partial charge on any atom is -0.466 e. The summed E-state index contributed by atoms with van der Waals surface area (Å²) < 4.78 is 10.3. The van der Waals surface area contributed by atoms with Gasteiger partial charge in [0.25, 0.3) is 0 Å². The third kappa shape index (κ3) is 3.79. The van der Waals surface area contributed by atoms with Gasteiger partial charge in [-0.05, 0) is 26.3 Å². The fraction of sp³-hybridized carbons (Fsp3) is 0.786. The number of esters is 1. The van der Waals surface area contributed by atoms with Crippen molar-refractivity contribution < 1.29 is 14.1 Å². The SMILES string of the molecule is CCOC(=O)C1CCCN(Cc2noc(C(C)C)n2)C1. The van der Waals surface area contributed by atoms with Crippen molar-refractivity contribution in [3.63, 3.8) is 0 Å². The molecule has 0 amide bonds. The van der Waals surface area contributed by atoms with Crippen LogP contribution in [0.4, 0.5) is 0 Å². The molecule has 0 bridgehead atoms. The second-order valence-corrected chi connectivity index (χ2v) is 5.53. The summed E-state index contributed by atoms with van der Waals surface area (Å²) >= 11 is 0. The quantitative estimate of drug-likeness (QED) is 0.769. The topological polar surface area (TPSA) is 68.5 Å². The number of likely N-dealkylation sites (tertiary alicyclic amines) is 1. The molecule has 1 atom stereocenters. The van der Waals surface area contributed by atoms with Crippen molar-refractivity contribution in [3.05, 3.63) is 11.7 Å². The number of rotatable bonds is 5. The van der Waals surface area contributed by atoms with Gasteiger partial charge in [0, 0.05) is 12.5 Å². The fourth-order valence-electron chi connectivity index (χ4n) is 2.42. The molecule has 1 unspecified atom stereocenters. The van der Waals surface area contributed by atoms with Gasteiger partial charge in [0.2, 0.25) is 5.89 Å². The first kappa shape index (κ1) is 15.0. The number of hydrogen-bond donors (Lipinski definition) is 0. The Bertz CT molecular complexity index is 445. The number of piperidine rings is 1. The van der Waals surface area contributed by atoms with Crippen LogP contribution in [0.1, 0.15) is 51.2 Å². The normalized spacial score (nSPS) is 20.3. The zero-order chi connectivity index (χ0) is 14.5. The van der Waals surface area contributed by atoms with E-state index in [9.17, 15) is 4.79 Å². The summed E-state index contributed by atoms with van der Waals surface area (Å²) in [7, 11) is 0. The molecule has 1 aliphatic rings. The first-order chi connectivity index (χ1) is 9.60. The molecule has 1 fully saturated rings. The molecule has 1 aromatic heterocycles. The van der Waals surface area contributed by atoms with Crippen LogP contribution in [0.2, 0.25) is 0 Å². The number of hydrogen-bond acceptors (Lipinski definition) is 6. The van der Waals surface area contributed by atoms with Crippen LogP contribution in [-0.2, 0) is 16.1 Å². The Morgan fingerprint density at radius 2 is 2.35 bits per heavy atom. The van der Waals surface area contributed by atoms with Gasteiger partial charge in [-0.3, -0.25) is 9.69 Å². The standard InChI is InChI=1S/C14H23N3O3/c1-4-19-14(18)11-6-5-7-17(8-11)9-12-15-13(10(2)3)20-16-12/h10-11H,4-9H2,1-3H3. The van der Waals surface area contributed by atoms with Gasteiger partial charge in [0.05, 0.1) is 19.1 Å². The largest absolute Gasteiger partial charge is 0.466 e. The summed E-state index contributed by atoms with van der Waals surface area (Å²) in [5.74, 6) is 1.48. The molecule has 0 N–H and O–H groups in total. The van der Waals surface area contributed by atoms with Crippen molar-refractivity contribution in [2.75, 3.05) is 19.7 Å². The third-order valence-corrected chi connectivity index (χ3v) is 3.47. The highest BCUT2D eigenvalue weighted by atomic mass is 16.5. The van der Waals surface area contributed by atoms with Gasteiger partial charge in [-0.25, -0.2) is 0 Å². The number of nitrogens with zero attached hydrogens (tertiary/aromatic N) is 3. The van der Waals surface area contributed by atoms with E-state index in [1.54, 1.807) is 0 Å². The second kappa shape index (κ2) is 6.83. The van der Waals surface area contributed by atoms with E-state index in [1.807, 2.05) is 20.8 Å². The maximum Gasteiger partial charge on any atom is 0.310 e. The zero-order valence-corrected chi connectivity index (χ0v) is 12.5. The monoisotopic (exact) mass is 281 g/mol. The Hall–Kier alpha value is -1.43. The van der Waals surface area contributed by atoms with Crippen molar-refractivity contribution in [3.8, 4) is 0 Å². The molecule has 0 radical (unpaired) electrons. The van der Waals surface area contributed by atoms with E-state index in [0.717, 1.165) is 19.4 Å². The fourth-order valence-corrected chi connectivity index (χ4v) is 2.42. The molecule has 1 aliphatic heterocycles. The summed E-state index contributed by atoms with van der Waals surface area (Å²) in [5, 5.41) is 3.99. The first-order valence-corrected chi connectivity index (χ1v) is 7.31. The van der Waals surface area contributed by atoms with Crippen LogP contribution in [0, 0.1) is 5.92 Å². The summed E-state index contributed by atoms with van der Waals surface area (Å²) in [6.07, 6.45) is 1.90. The molecule has 0 aromatic carbocycles. The van der Waals surface area contributed by atoms with E-state index in [-0.39, 0.29) is 17.8 Å². The van der Waals surface area contributed by atoms with Crippen LogP contribution in [0.5, 0.6) is 0 Å². The molecule has 2 rings (SSSR count). The Labute approximate surface area is 119 Å². The molecule has 0 aliphatic carbocycles. The van der Waals surface area contributed by atoms with Gasteiger partial charge < -0.3 is 9.26 Å². The molecule has 1 aromatic rings. The molecule has 2 heterocycles. The Morgan fingerprint density at radius 1 is 1.55 bits per heavy atom. The lowest BCUT2D eigenvalue weighted by Crippen LogP contribution is -2.39. The predicted octanol–water partition coefficient (Wildman–Crippen LogP) is 1.97. The van der Waals surface area contributed by atoms with Gasteiger partial charge >= 0.3 is 5.97 Å². The van der Waals surface area contributed by atoms with E-state index >= 15 is 0 Å². The Balaban J connectivity index is 1.90. The van der Waals surface area contributed by atoms with Crippen LogP contribution in [0.15, 0.2) is 4.52 Å². The van der Waals surface area contributed by atoms with Gasteiger partial charge in [0.1, 0.15) is 0 Å². The van der Waals surface area contributed by atoms with E-state index < -0.39 is 0 Å². The van der Waals surface area contributed by atoms with Gasteiger partial charge in [-0.1, -0.05) is 19.0 Å². The Morgan fingerprint density at radius 3 is 3.00 bits per heavy atom. The van der Waals surface area contributed by atoms with Crippen LogP contribution in [0.25, 0.3) is 0 Å². The molecule has 112 valence electrons. The molecular weight excluding hydrogens is 258 g/mol. The van der Waals surface area contributed by atoms with Crippen molar-refractivity contribution in [1.29, 1.82) is 0 Å². The molecule has 0 spiro atoms. The molecular formula is C14H23N3O3. The minimum atomic E-state index is -0.0896. The highest BCUT2D eigenvalue weighted by Gasteiger charge is 2.27. The maximum absolute atomic E-state index is 11.8. The molecule has 1 saturated heterocycles. The average Bonchev–Trinajstić information content (AvgIpc) is 2.88. The number of aromatic nitrogens is 2. The summed E-state index contributed by atoms with van der Waals surface area (Å²) in [6.45, 7) is 8.63. The van der Waals surface area contributed by atoms with Crippen molar-refractivity contribution >= 4 is 5.97 Å². The van der Waals surface area contributed by atoms with Gasteiger partial charge in [-0.2, -0.15) is 4.98 Å². The van der Waals surface area contributed by atoms with E-state index in [1.165, 1.54) is 0 Å². The van der Waals surface area contributed by atoms with Gasteiger partial charge in [0.15, 0.2) is 5.82 Å². The third-order valence-electron chi connectivity index (χ3n) is 3.47. The molecule has 6 heteroatoms. The lowest BCUT2D eigenvalue weighted by Gasteiger charge is -2.30. The average molecular weight is 281 g/mol. The Kier molecular flexibility index (Phi) is 5.11. The molecule has 20 heavy (non-hydrogen) atoms. The highest BCUT2D eigenvalue weighted by Crippen LogP contribution is 2.20. The minimum absolute atomic E-state index is 0.0276. The van der Waals surface area contributed by atoms with E-state index in [4.69, 9.17) is 9.26 Å². The van der Waals surface area contributed by atoms with Crippen molar-refractivity contribution in [2.45, 2.75) is 46.1 Å². The zero-order valence-electron chi connectivity index (χ0n) is 12.5. The summed E-state index contributed by atoms with van der Waals surface area (Å²) in [5.41, 5.74) is 0. The lowest BCUT2D eigenvalue weighted by atomic mass is 9.98. The lowest BCUT2D eigenvalue weighted by molar-refractivity contribution is -0.150. The van der Waals surface area contributed by atoms with Crippen LogP contribution < -0.4 is 0 Å². The number of ether oxygens (including phenoxy) is 1. The number of carbonyl (C=O) groups is 1. The predicted molar refractivity (Wildman–Crippen MR) is 73.0 cm³/mol. The summed E-state index contributed by atoms with van der Waals surface area (Å²) in [4.78, 5) is 18.4. The van der Waals surface area contributed by atoms with Crippen LogP contribution in [-0.4, -0.2) is 40.7 Å². The number of carbonyl (C=O) groups excluding carboxylic acids is 1. The van der Waals surface area contributed by atoms with Crippen molar-refractivity contribution in [2.24, 2.45) is 5.92 Å². The second-order valence-electron chi connectivity index (χ2n) is 5.53. The van der Waals surface area contributed by atoms with Gasteiger partial charge in [-0.15, -0.1) is 0 Å². The van der Waals surface area contributed by atoms with Crippen molar-refractivity contribution in [1.82, 2.24) is 15.0 Å². The summed E-state index contributed by atoms with van der Waals surface area (Å²) in [6, 6.07) is 0. The molecule has 0 saturated carbocycles. The highest BCUT2D eigenvalue weighted by molar-refractivity contribution is 5.72. The van der Waals surface area contributed by atoms with E-state index in [2.05, 4.69) is 15.0 Å². The maximum atomic E-state index is 11.8. The van der Waals surface area contributed by atoms with Crippen LogP contribution >= 0.6 is 0 Å². The smallest absolute Gasteiger partial charge is 0.310 e. The van der Waals surface area contributed by atoms with E-state index in [0.29, 0.717) is 31.4 Å². The molecule has 6 nitrogen and oxygen atoms in total. The van der Waals surface area contributed by atoms with Crippen LogP contribution in [0.3, 0.4) is 0 Å².